The molecule has 1 aliphatic carbocycles. The molecular formula is C26H22Zr. The second-order valence-electron chi connectivity index (χ2n) is 6.39. The molecule has 0 atom stereocenters. The second-order valence-corrected chi connectivity index (χ2v) is 7.10. The van der Waals surface area contributed by atoms with Crippen LogP contribution in [-0.2, 0) is 24.2 Å². The summed E-state index contributed by atoms with van der Waals surface area (Å²) >= 11 is 1.46. The average Bonchev–Trinajstić information content (AvgIpc) is 3.37. The molecule has 0 bridgehead atoms. The molecule has 0 spiro atoms. The van der Waals surface area contributed by atoms with Crippen molar-refractivity contribution in [1.29, 1.82) is 0 Å². The maximum atomic E-state index is 2.32. The molecule has 130 valence electrons. The Hall–Kier alpha value is -2.24. The molecule has 1 heteroatoms. The Bertz CT molecular complexity index is 1080. The third kappa shape index (κ3) is 4.20. The number of rotatable bonds is 2. The Kier molecular flexibility index (Phi) is 6.59. The fraction of sp³-hybridized carbons (Fsp3) is 0.0385. The van der Waals surface area contributed by atoms with Crippen molar-refractivity contribution in [3.8, 4) is 0 Å². The summed E-state index contributed by atoms with van der Waals surface area (Å²) in [5.74, 6) is 0.436. The van der Waals surface area contributed by atoms with Crippen molar-refractivity contribution < 1.29 is 24.2 Å². The first kappa shape index (κ1) is 19.5. The molecule has 1 aliphatic rings. The van der Waals surface area contributed by atoms with Gasteiger partial charge in [-0.1, -0.05) is 66.3 Å². The van der Waals surface area contributed by atoms with E-state index in [2.05, 4.69) is 101 Å². The fourth-order valence-corrected chi connectivity index (χ4v) is 3.95. The van der Waals surface area contributed by atoms with Crippen LogP contribution in [0.25, 0.3) is 21.5 Å². The van der Waals surface area contributed by atoms with E-state index in [0.717, 1.165) is 0 Å². The van der Waals surface area contributed by atoms with Gasteiger partial charge < -0.3 is 7.43 Å². The number of hydrogen-bond donors (Lipinski definition) is 0. The van der Waals surface area contributed by atoms with Crippen molar-refractivity contribution in [3.05, 3.63) is 122 Å². The van der Waals surface area contributed by atoms with E-state index in [-0.39, 0.29) is 7.43 Å². The second kappa shape index (κ2) is 9.11. The Morgan fingerprint density at radius 3 is 2.11 bits per heavy atom. The molecule has 0 fully saturated rings. The van der Waals surface area contributed by atoms with Gasteiger partial charge in [0.05, 0.1) is 0 Å². The van der Waals surface area contributed by atoms with Crippen LogP contribution >= 0.6 is 0 Å². The van der Waals surface area contributed by atoms with Gasteiger partial charge in [0, 0.05) is 0 Å². The summed E-state index contributed by atoms with van der Waals surface area (Å²) in [7, 11) is 0. The molecule has 4 aromatic carbocycles. The summed E-state index contributed by atoms with van der Waals surface area (Å²) in [5, 5.41) is 5.46. The van der Waals surface area contributed by atoms with E-state index < -0.39 is 0 Å². The minimum atomic E-state index is 0. The van der Waals surface area contributed by atoms with Gasteiger partial charge in [0.15, 0.2) is 0 Å². The van der Waals surface area contributed by atoms with E-state index in [4.69, 9.17) is 0 Å². The number of hydrogen-bond acceptors (Lipinski definition) is 0. The Balaban J connectivity index is 0.000000200. The van der Waals surface area contributed by atoms with Crippen molar-refractivity contribution in [1.82, 2.24) is 0 Å². The number of benzene rings is 3. The first-order valence-corrected chi connectivity index (χ1v) is 10.3. The van der Waals surface area contributed by atoms with Crippen molar-refractivity contribution in [2.75, 3.05) is 0 Å². The monoisotopic (exact) mass is 424 g/mol. The number of allylic oxidation sites excluding steroid dienone is 4. The van der Waals surface area contributed by atoms with Gasteiger partial charge >= 0.3 is 63.8 Å². The zero-order chi connectivity index (χ0) is 17.8. The SMILES string of the molecule is C1=CC(c2cccc3c2[cH-]c2ccccc23)C=C1.[CH3-].[Zr+2]=[CH]c1ccccc1. The number of fused-ring (bicyclic) bond motifs is 3. The molecule has 0 heterocycles. The summed E-state index contributed by atoms with van der Waals surface area (Å²) in [6, 6.07) is 27.9. The molecule has 4 aromatic rings. The Morgan fingerprint density at radius 2 is 1.41 bits per heavy atom. The molecule has 27 heavy (non-hydrogen) atoms. The quantitative estimate of drug-likeness (QED) is 0.311. The van der Waals surface area contributed by atoms with E-state index in [1.165, 1.54) is 56.9 Å². The molecule has 0 N–H and O–H groups in total. The standard InChI is InChI=1S/C18H13.C7H6.CH3.Zr/c1-2-7-13(6-1)15-10-5-11-17-16-9-4-3-8-14(16)12-18(15)17;1-7-5-3-2-4-6-7;;/h1-13H;1-6H;1H3;/q-1;;-1;+2. The van der Waals surface area contributed by atoms with Gasteiger partial charge in [0.25, 0.3) is 0 Å². The Morgan fingerprint density at radius 1 is 0.741 bits per heavy atom. The van der Waals surface area contributed by atoms with E-state index >= 15 is 0 Å². The zero-order valence-corrected chi connectivity index (χ0v) is 17.9. The van der Waals surface area contributed by atoms with Crippen LogP contribution < -0.4 is 0 Å². The summed E-state index contributed by atoms with van der Waals surface area (Å²) in [6.07, 6.45) is 8.77. The molecule has 0 nitrogen and oxygen atoms in total. The van der Waals surface area contributed by atoms with Gasteiger partial charge in [-0.25, -0.2) is 0 Å². The van der Waals surface area contributed by atoms with Crippen LogP contribution in [0.3, 0.4) is 0 Å². The van der Waals surface area contributed by atoms with Gasteiger partial charge in [-0.2, -0.15) is 0 Å². The molecule has 0 amide bonds. The molecule has 5 rings (SSSR count). The molecule has 0 aromatic heterocycles. The van der Waals surface area contributed by atoms with Crippen molar-refractivity contribution >= 4 is 25.3 Å². The van der Waals surface area contributed by atoms with Crippen LogP contribution in [0, 0.1) is 7.43 Å². The van der Waals surface area contributed by atoms with Crippen molar-refractivity contribution in [2.24, 2.45) is 0 Å². The van der Waals surface area contributed by atoms with E-state index in [1.807, 2.05) is 6.07 Å². The molecule has 0 aliphatic heterocycles. The van der Waals surface area contributed by atoms with Crippen LogP contribution in [0.5, 0.6) is 0 Å². The van der Waals surface area contributed by atoms with Gasteiger partial charge in [-0.05, 0) is 5.92 Å². The third-order valence-electron chi connectivity index (χ3n) is 4.76. The molecule has 0 unspecified atom stereocenters. The van der Waals surface area contributed by atoms with Crippen LogP contribution in [0.2, 0.25) is 0 Å². The molecule has 0 radical (unpaired) electrons. The summed E-state index contributed by atoms with van der Waals surface area (Å²) in [5.41, 5.74) is 2.74. The first-order valence-electron chi connectivity index (χ1n) is 8.84. The summed E-state index contributed by atoms with van der Waals surface area (Å²) < 4.78 is 2.17. The Labute approximate surface area is 176 Å². The van der Waals surface area contributed by atoms with Crippen molar-refractivity contribution in [2.45, 2.75) is 5.92 Å². The van der Waals surface area contributed by atoms with Crippen LogP contribution in [0.4, 0.5) is 0 Å². The normalized spacial score (nSPS) is 12.7. The molecule has 0 saturated heterocycles. The van der Waals surface area contributed by atoms with Crippen molar-refractivity contribution in [3.63, 3.8) is 0 Å². The topological polar surface area (TPSA) is 0 Å². The first-order chi connectivity index (χ1) is 12.9. The van der Waals surface area contributed by atoms with E-state index in [0.29, 0.717) is 5.92 Å². The minimum absolute atomic E-state index is 0. The maximum absolute atomic E-state index is 2.32. The van der Waals surface area contributed by atoms with Gasteiger partial charge in [-0.15, -0.1) is 33.7 Å². The van der Waals surface area contributed by atoms with Crippen LogP contribution in [0.15, 0.2) is 103 Å². The van der Waals surface area contributed by atoms with Gasteiger partial charge in [-0.3, -0.25) is 0 Å². The summed E-state index contributed by atoms with van der Waals surface area (Å²) in [4.78, 5) is 0. The fourth-order valence-electron chi connectivity index (χ4n) is 3.48. The van der Waals surface area contributed by atoms with Crippen LogP contribution in [-0.4, -0.2) is 3.71 Å². The van der Waals surface area contributed by atoms with Gasteiger partial charge in [0.1, 0.15) is 0 Å². The predicted octanol–water partition coefficient (Wildman–Crippen LogP) is 6.76. The molecule has 0 saturated carbocycles. The summed E-state index contributed by atoms with van der Waals surface area (Å²) in [6.45, 7) is 0. The van der Waals surface area contributed by atoms with E-state index in [9.17, 15) is 0 Å². The average molecular weight is 426 g/mol. The zero-order valence-electron chi connectivity index (χ0n) is 15.5. The van der Waals surface area contributed by atoms with Crippen LogP contribution in [0.1, 0.15) is 17.0 Å². The predicted molar refractivity (Wildman–Crippen MR) is 116 cm³/mol. The van der Waals surface area contributed by atoms with E-state index in [1.54, 1.807) is 0 Å². The molecular weight excluding hydrogens is 404 g/mol. The third-order valence-corrected chi connectivity index (χ3v) is 5.58. The van der Waals surface area contributed by atoms with Gasteiger partial charge in [0.2, 0.25) is 0 Å².